The highest BCUT2D eigenvalue weighted by Crippen LogP contribution is 2.35. The molecular formula is C23H20N2O3. The number of hydrogen-bond donors (Lipinski definition) is 1. The van der Waals surface area contributed by atoms with Crippen LogP contribution >= 0.6 is 0 Å². The van der Waals surface area contributed by atoms with E-state index in [4.69, 9.17) is 20.5 Å². The molecule has 0 saturated carbocycles. The van der Waals surface area contributed by atoms with Crippen LogP contribution in [0.3, 0.4) is 0 Å². The van der Waals surface area contributed by atoms with Gasteiger partial charge < -0.3 is 15.2 Å². The minimum atomic E-state index is -0.750. The molecule has 1 aliphatic rings. The van der Waals surface area contributed by atoms with Gasteiger partial charge in [-0.05, 0) is 77.1 Å². The van der Waals surface area contributed by atoms with E-state index in [1.807, 2.05) is 48.5 Å². The molecule has 0 bridgehead atoms. The van der Waals surface area contributed by atoms with Crippen LogP contribution in [0.25, 0.3) is 10.8 Å². The number of amides is 1. The summed E-state index contributed by atoms with van der Waals surface area (Å²) in [5, 5.41) is 11.1. The van der Waals surface area contributed by atoms with Crippen LogP contribution < -0.4 is 10.5 Å². The maximum atomic E-state index is 11.2. The fourth-order valence-corrected chi connectivity index (χ4v) is 3.71. The molecule has 0 saturated heterocycles. The summed E-state index contributed by atoms with van der Waals surface area (Å²) in [6.45, 7) is 0.427. The van der Waals surface area contributed by atoms with Gasteiger partial charge in [0.15, 0.2) is 0 Å². The summed E-state index contributed by atoms with van der Waals surface area (Å²) in [5.41, 5.74) is 9.05. The fraction of sp³-hybridized carbons (Fsp3) is 0.217. The third-order valence-electron chi connectivity index (χ3n) is 5.07. The molecule has 140 valence electrons. The Morgan fingerprint density at radius 3 is 2.75 bits per heavy atom. The highest BCUT2D eigenvalue weighted by molar-refractivity contribution is 5.84. The number of nitriles is 1. The summed E-state index contributed by atoms with van der Waals surface area (Å²) in [6, 6.07) is 19.8. The van der Waals surface area contributed by atoms with Crippen molar-refractivity contribution in [3.05, 3.63) is 76.9 Å². The van der Waals surface area contributed by atoms with E-state index in [2.05, 4.69) is 12.1 Å². The lowest BCUT2D eigenvalue weighted by Gasteiger charge is -2.25. The number of carbonyl (C=O) groups excluding carboxylic acids is 1. The van der Waals surface area contributed by atoms with Gasteiger partial charge in [-0.15, -0.1) is 0 Å². The molecule has 1 aliphatic carbocycles. The van der Waals surface area contributed by atoms with Gasteiger partial charge in [0.05, 0.1) is 11.6 Å². The molecule has 5 nitrogen and oxygen atoms in total. The molecule has 28 heavy (non-hydrogen) atoms. The lowest BCUT2D eigenvalue weighted by Crippen LogP contribution is -2.20. The van der Waals surface area contributed by atoms with Crippen molar-refractivity contribution in [2.45, 2.75) is 32.0 Å². The molecule has 2 N–H and O–H groups in total. The molecule has 5 heteroatoms. The van der Waals surface area contributed by atoms with Gasteiger partial charge in [0.1, 0.15) is 18.5 Å². The van der Waals surface area contributed by atoms with Crippen LogP contribution in [0.2, 0.25) is 0 Å². The standard InChI is InChI=1S/C23H20N2O3/c24-13-15-4-6-19-11-16(5-7-18(19)10-15)14-27-20-9-8-17-2-1-3-22(21(17)12-20)28-23(25)26/h4-12,22H,1-3,14H2,(H2,25,26). The van der Waals surface area contributed by atoms with Crippen molar-refractivity contribution in [3.63, 3.8) is 0 Å². The lowest BCUT2D eigenvalue weighted by atomic mass is 9.89. The maximum absolute atomic E-state index is 11.2. The number of primary amides is 1. The highest BCUT2D eigenvalue weighted by Gasteiger charge is 2.23. The molecule has 0 heterocycles. The predicted octanol–water partition coefficient (Wildman–Crippen LogP) is 4.76. The van der Waals surface area contributed by atoms with E-state index in [0.717, 1.165) is 46.9 Å². The van der Waals surface area contributed by atoms with Gasteiger partial charge >= 0.3 is 6.09 Å². The van der Waals surface area contributed by atoms with E-state index in [1.165, 1.54) is 5.56 Å². The first-order valence-electron chi connectivity index (χ1n) is 9.27. The van der Waals surface area contributed by atoms with Crippen molar-refractivity contribution < 1.29 is 14.3 Å². The Morgan fingerprint density at radius 2 is 1.93 bits per heavy atom. The Labute approximate surface area is 163 Å². The van der Waals surface area contributed by atoms with Crippen LogP contribution in [0, 0.1) is 11.3 Å². The second-order valence-electron chi connectivity index (χ2n) is 6.98. The van der Waals surface area contributed by atoms with Crippen LogP contribution in [0.4, 0.5) is 4.79 Å². The average molecular weight is 372 g/mol. The van der Waals surface area contributed by atoms with Gasteiger partial charge in [0.25, 0.3) is 0 Å². The zero-order valence-electron chi connectivity index (χ0n) is 15.4. The quantitative estimate of drug-likeness (QED) is 0.715. The second-order valence-corrected chi connectivity index (χ2v) is 6.98. The third kappa shape index (κ3) is 3.77. The maximum Gasteiger partial charge on any atom is 0.405 e. The van der Waals surface area contributed by atoms with E-state index < -0.39 is 6.09 Å². The largest absolute Gasteiger partial charge is 0.489 e. The normalized spacial score (nSPS) is 15.5. The van der Waals surface area contributed by atoms with Crippen molar-refractivity contribution >= 4 is 16.9 Å². The summed E-state index contributed by atoms with van der Waals surface area (Å²) in [4.78, 5) is 11.2. The SMILES string of the molecule is N#Cc1ccc2cc(COc3ccc4c(c3)C(OC(N)=O)CCC4)ccc2c1. The summed E-state index contributed by atoms with van der Waals surface area (Å²) >= 11 is 0. The molecule has 0 radical (unpaired) electrons. The number of carbonyl (C=O) groups is 1. The summed E-state index contributed by atoms with van der Waals surface area (Å²) < 4.78 is 11.2. The van der Waals surface area contributed by atoms with Crippen molar-refractivity contribution in [3.8, 4) is 11.8 Å². The van der Waals surface area contributed by atoms with Crippen molar-refractivity contribution in [2.24, 2.45) is 5.73 Å². The minimum Gasteiger partial charge on any atom is -0.489 e. The first kappa shape index (κ1) is 17.9. The number of ether oxygens (including phenoxy) is 2. The molecule has 3 aromatic rings. The smallest absolute Gasteiger partial charge is 0.405 e. The molecule has 1 unspecified atom stereocenters. The lowest BCUT2D eigenvalue weighted by molar-refractivity contribution is 0.0956. The molecule has 1 amide bonds. The molecular weight excluding hydrogens is 352 g/mol. The van der Waals surface area contributed by atoms with E-state index in [1.54, 1.807) is 0 Å². The topological polar surface area (TPSA) is 85.3 Å². The zero-order chi connectivity index (χ0) is 19.5. The van der Waals surface area contributed by atoms with Crippen LogP contribution in [0.5, 0.6) is 5.75 Å². The first-order chi connectivity index (χ1) is 13.6. The Bertz CT molecular complexity index is 1080. The van der Waals surface area contributed by atoms with E-state index in [0.29, 0.717) is 12.2 Å². The zero-order valence-corrected chi connectivity index (χ0v) is 15.4. The number of fused-ring (bicyclic) bond motifs is 2. The van der Waals surface area contributed by atoms with Crippen LogP contribution in [0.1, 0.15) is 41.2 Å². The van der Waals surface area contributed by atoms with Crippen molar-refractivity contribution in [2.75, 3.05) is 0 Å². The number of nitrogens with two attached hydrogens (primary N) is 1. The van der Waals surface area contributed by atoms with Gasteiger partial charge in [-0.1, -0.05) is 24.3 Å². The summed E-state index contributed by atoms with van der Waals surface area (Å²) in [5.74, 6) is 0.735. The number of benzene rings is 3. The van der Waals surface area contributed by atoms with Crippen LogP contribution in [-0.4, -0.2) is 6.09 Å². The molecule has 3 aromatic carbocycles. The van der Waals surface area contributed by atoms with Gasteiger partial charge in [0.2, 0.25) is 0 Å². The van der Waals surface area contributed by atoms with Crippen LogP contribution in [0.15, 0.2) is 54.6 Å². The minimum absolute atomic E-state index is 0.306. The van der Waals surface area contributed by atoms with E-state index >= 15 is 0 Å². The summed E-state index contributed by atoms with van der Waals surface area (Å²) in [6.07, 6.45) is 1.65. The molecule has 4 rings (SSSR count). The first-order valence-corrected chi connectivity index (χ1v) is 9.27. The monoisotopic (exact) mass is 372 g/mol. The van der Waals surface area contributed by atoms with E-state index in [9.17, 15) is 4.79 Å². The Kier molecular flexibility index (Phi) is 4.86. The Morgan fingerprint density at radius 1 is 1.11 bits per heavy atom. The highest BCUT2D eigenvalue weighted by atomic mass is 16.6. The van der Waals surface area contributed by atoms with Crippen molar-refractivity contribution in [1.82, 2.24) is 0 Å². The number of nitrogens with zero attached hydrogens (tertiary/aromatic N) is 1. The molecule has 0 fully saturated rings. The van der Waals surface area contributed by atoms with Gasteiger partial charge in [0, 0.05) is 0 Å². The summed E-state index contributed by atoms with van der Waals surface area (Å²) in [7, 11) is 0. The average Bonchev–Trinajstić information content (AvgIpc) is 2.71. The molecule has 0 aromatic heterocycles. The van der Waals surface area contributed by atoms with Gasteiger partial charge in [-0.2, -0.15) is 5.26 Å². The third-order valence-corrected chi connectivity index (χ3v) is 5.07. The number of hydrogen-bond acceptors (Lipinski definition) is 4. The fourth-order valence-electron chi connectivity index (χ4n) is 3.71. The van der Waals surface area contributed by atoms with Crippen LogP contribution in [-0.2, 0) is 17.8 Å². The van der Waals surface area contributed by atoms with Gasteiger partial charge in [-0.3, -0.25) is 0 Å². The molecule has 1 atom stereocenters. The molecule has 0 aliphatic heterocycles. The Balaban J connectivity index is 1.51. The predicted molar refractivity (Wildman–Crippen MR) is 106 cm³/mol. The Hall–Kier alpha value is -3.52. The van der Waals surface area contributed by atoms with Gasteiger partial charge in [-0.25, -0.2) is 4.79 Å². The number of rotatable bonds is 4. The second kappa shape index (κ2) is 7.61. The molecule has 0 spiro atoms. The van der Waals surface area contributed by atoms with Crippen molar-refractivity contribution in [1.29, 1.82) is 5.26 Å². The van der Waals surface area contributed by atoms with E-state index in [-0.39, 0.29) is 6.10 Å². The number of aryl methyl sites for hydroxylation is 1.